The van der Waals surface area contributed by atoms with E-state index < -0.39 is 11.7 Å². The molecule has 0 aliphatic carbocycles. The zero-order valence-corrected chi connectivity index (χ0v) is 15.3. The summed E-state index contributed by atoms with van der Waals surface area (Å²) in [5.74, 6) is -0.326. The summed E-state index contributed by atoms with van der Waals surface area (Å²) in [7, 11) is 0. The van der Waals surface area contributed by atoms with Gasteiger partial charge in [-0.25, -0.2) is 0 Å². The molecule has 0 fully saturated rings. The Kier molecular flexibility index (Phi) is 4.86. The molecular weight excluding hydrogens is 389 g/mol. The van der Waals surface area contributed by atoms with Gasteiger partial charge in [0.05, 0.1) is 5.56 Å². The van der Waals surface area contributed by atoms with E-state index in [1.807, 2.05) is 12.1 Å². The molecule has 144 valence electrons. The highest BCUT2D eigenvalue weighted by Gasteiger charge is 2.30. The van der Waals surface area contributed by atoms with Gasteiger partial charge in [0, 0.05) is 17.7 Å². The lowest BCUT2D eigenvalue weighted by molar-refractivity contribution is -0.137. The Balaban J connectivity index is 1.51. The minimum Gasteiger partial charge on any atom is -0.312 e. The Bertz CT molecular complexity index is 1030. The number of benzene rings is 2. The first-order valence-electron chi connectivity index (χ1n) is 8.55. The van der Waals surface area contributed by atoms with Crippen LogP contribution in [0.3, 0.4) is 0 Å². The molecule has 0 spiro atoms. The van der Waals surface area contributed by atoms with E-state index in [0.29, 0.717) is 16.1 Å². The van der Waals surface area contributed by atoms with Crippen molar-refractivity contribution in [2.24, 2.45) is 0 Å². The van der Waals surface area contributed by atoms with Crippen LogP contribution in [0.5, 0.6) is 0 Å². The molecule has 9 heteroatoms. The van der Waals surface area contributed by atoms with Crippen LogP contribution in [0, 0.1) is 0 Å². The Morgan fingerprint density at radius 1 is 1.11 bits per heavy atom. The van der Waals surface area contributed by atoms with E-state index in [2.05, 4.69) is 20.8 Å². The van der Waals surface area contributed by atoms with Gasteiger partial charge in [-0.05, 0) is 48.4 Å². The van der Waals surface area contributed by atoms with Crippen LogP contribution in [0.4, 0.5) is 18.3 Å². The number of hydrogen-bond acceptors (Lipinski definition) is 5. The minimum atomic E-state index is -4.43. The first-order valence-corrected chi connectivity index (χ1v) is 9.37. The van der Waals surface area contributed by atoms with E-state index in [1.54, 1.807) is 6.07 Å². The van der Waals surface area contributed by atoms with Gasteiger partial charge in [-0.15, -0.1) is 10.2 Å². The number of halogens is 3. The summed E-state index contributed by atoms with van der Waals surface area (Å²) in [5.41, 5.74) is 2.36. The molecule has 2 aromatic carbocycles. The minimum absolute atomic E-state index is 0.233. The average molecular weight is 404 g/mol. The summed E-state index contributed by atoms with van der Waals surface area (Å²) in [6, 6.07) is 10.4. The molecule has 4 rings (SSSR count). The molecule has 2 heterocycles. The van der Waals surface area contributed by atoms with Crippen molar-refractivity contribution in [2.75, 3.05) is 11.9 Å². The van der Waals surface area contributed by atoms with Crippen LogP contribution in [-0.2, 0) is 19.1 Å². The highest BCUT2D eigenvalue weighted by molar-refractivity contribution is 7.18. The molecule has 0 saturated carbocycles. The van der Waals surface area contributed by atoms with Crippen molar-refractivity contribution in [3.8, 4) is 10.6 Å². The molecule has 28 heavy (non-hydrogen) atoms. The Morgan fingerprint density at radius 2 is 1.96 bits per heavy atom. The number of carbonyl (C=O) groups excluding carboxylic acids is 1. The molecule has 1 amide bonds. The van der Waals surface area contributed by atoms with Crippen LogP contribution in [0.25, 0.3) is 10.6 Å². The van der Waals surface area contributed by atoms with Gasteiger partial charge in [0.25, 0.3) is 5.91 Å². The molecule has 0 saturated heterocycles. The van der Waals surface area contributed by atoms with Gasteiger partial charge < -0.3 is 5.32 Å². The number of amides is 1. The second-order valence-corrected chi connectivity index (χ2v) is 7.33. The monoisotopic (exact) mass is 404 g/mol. The Labute approximate surface area is 162 Å². The maximum absolute atomic E-state index is 12.9. The van der Waals surface area contributed by atoms with Gasteiger partial charge in [0.15, 0.2) is 0 Å². The smallest absolute Gasteiger partial charge is 0.312 e. The SMILES string of the molecule is O=C(Nc1nnc(-c2cccc(C(F)(F)F)c2)s1)c1ccc2c(c1)CCNC2. The van der Waals surface area contributed by atoms with Crippen LogP contribution >= 0.6 is 11.3 Å². The lowest BCUT2D eigenvalue weighted by atomic mass is 9.98. The van der Waals surface area contributed by atoms with E-state index in [0.717, 1.165) is 48.5 Å². The maximum Gasteiger partial charge on any atom is 0.416 e. The number of alkyl halides is 3. The fraction of sp³-hybridized carbons (Fsp3) is 0.211. The molecule has 5 nitrogen and oxygen atoms in total. The molecule has 0 bridgehead atoms. The number of nitrogens with zero attached hydrogens (tertiary/aromatic N) is 2. The summed E-state index contributed by atoms with van der Waals surface area (Å²) in [6.45, 7) is 1.66. The number of anilines is 1. The third-order valence-corrected chi connectivity index (χ3v) is 5.33. The maximum atomic E-state index is 12.9. The normalized spacial score (nSPS) is 13.8. The molecule has 0 radical (unpaired) electrons. The predicted octanol–water partition coefficient (Wildman–Crippen LogP) is 4.12. The molecule has 1 aromatic heterocycles. The number of rotatable bonds is 3. The first-order chi connectivity index (χ1) is 13.4. The van der Waals surface area contributed by atoms with Gasteiger partial charge in [-0.2, -0.15) is 13.2 Å². The molecule has 1 aliphatic rings. The van der Waals surface area contributed by atoms with Crippen molar-refractivity contribution in [3.63, 3.8) is 0 Å². The van der Waals surface area contributed by atoms with Crippen LogP contribution in [0.2, 0.25) is 0 Å². The summed E-state index contributed by atoms with van der Waals surface area (Å²) >= 11 is 1.03. The summed E-state index contributed by atoms with van der Waals surface area (Å²) < 4.78 is 38.6. The second kappa shape index (κ2) is 7.33. The first kappa shape index (κ1) is 18.6. The standard InChI is InChI=1S/C19H15F3N4OS/c20-19(21,22)15-3-1-2-13(9-15)17-25-26-18(28-17)24-16(27)12-4-5-14-10-23-7-6-11(14)8-12/h1-5,8-9,23H,6-7,10H2,(H,24,26,27). The molecular formula is C19H15F3N4OS. The third kappa shape index (κ3) is 3.90. The van der Waals surface area contributed by atoms with Crippen LogP contribution < -0.4 is 10.6 Å². The largest absolute Gasteiger partial charge is 0.416 e. The van der Waals surface area contributed by atoms with Gasteiger partial charge >= 0.3 is 6.18 Å². The third-order valence-electron chi connectivity index (χ3n) is 4.44. The van der Waals surface area contributed by atoms with Crippen molar-refractivity contribution < 1.29 is 18.0 Å². The highest BCUT2D eigenvalue weighted by atomic mass is 32.1. The summed E-state index contributed by atoms with van der Waals surface area (Å²) in [5, 5.41) is 14.3. The van der Waals surface area contributed by atoms with Crippen molar-refractivity contribution in [1.29, 1.82) is 0 Å². The quantitative estimate of drug-likeness (QED) is 0.689. The van der Waals surface area contributed by atoms with Crippen LogP contribution in [-0.4, -0.2) is 22.6 Å². The second-order valence-electron chi connectivity index (χ2n) is 6.36. The van der Waals surface area contributed by atoms with Gasteiger partial charge in [0.1, 0.15) is 5.01 Å². The molecule has 0 atom stereocenters. The van der Waals surface area contributed by atoms with Gasteiger partial charge in [0.2, 0.25) is 5.13 Å². The van der Waals surface area contributed by atoms with Gasteiger partial charge in [-0.1, -0.05) is 29.5 Å². The fourth-order valence-corrected chi connectivity index (χ4v) is 3.74. The fourth-order valence-electron chi connectivity index (χ4n) is 3.01. The molecule has 1 aliphatic heterocycles. The Morgan fingerprint density at radius 3 is 2.79 bits per heavy atom. The number of aromatic nitrogens is 2. The zero-order valence-electron chi connectivity index (χ0n) is 14.5. The average Bonchev–Trinajstić information content (AvgIpc) is 3.15. The molecule has 2 N–H and O–H groups in total. The number of fused-ring (bicyclic) bond motifs is 1. The molecule has 3 aromatic rings. The Hall–Kier alpha value is -2.78. The lowest BCUT2D eigenvalue weighted by Gasteiger charge is -2.17. The summed E-state index contributed by atoms with van der Waals surface area (Å²) in [4.78, 5) is 12.5. The van der Waals surface area contributed by atoms with Crippen LogP contribution in [0.1, 0.15) is 27.0 Å². The van der Waals surface area contributed by atoms with Gasteiger partial charge in [-0.3, -0.25) is 10.1 Å². The van der Waals surface area contributed by atoms with E-state index in [9.17, 15) is 18.0 Å². The van der Waals surface area contributed by atoms with E-state index in [4.69, 9.17) is 0 Å². The molecule has 0 unspecified atom stereocenters. The zero-order chi connectivity index (χ0) is 19.7. The van der Waals surface area contributed by atoms with Crippen molar-refractivity contribution in [1.82, 2.24) is 15.5 Å². The summed E-state index contributed by atoms with van der Waals surface area (Å²) in [6.07, 6.45) is -3.57. The van der Waals surface area contributed by atoms with Crippen molar-refractivity contribution in [3.05, 3.63) is 64.7 Å². The van der Waals surface area contributed by atoms with Crippen molar-refractivity contribution in [2.45, 2.75) is 19.1 Å². The predicted molar refractivity (Wildman–Crippen MR) is 100 cm³/mol. The highest BCUT2D eigenvalue weighted by Crippen LogP contribution is 2.33. The number of carbonyl (C=O) groups is 1. The number of nitrogens with one attached hydrogen (secondary N) is 2. The van der Waals surface area contributed by atoms with E-state index >= 15 is 0 Å². The topological polar surface area (TPSA) is 66.9 Å². The van der Waals surface area contributed by atoms with Crippen molar-refractivity contribution >= 4 is 22.4 Å². The number of hydrogen-bond donors (Lipinski definition) is 2. The van der Waals surface area contributed by atoms with E-state index in [1.165, 1.54) is 17.7 Å². The van der Waals surface area contributed by atoms with Crippen LogP contribution in [0.15, 0.2) is 42.5 Å². The van der Waals surface area contributed by atoms with E-state index in [-0.39, 0.29) is 11.0 Å². The lowest BCUT2D eigenvalue weighted by Crippen LogP contribution is -2.24.